The Labute approximate surface area is 181 Å². The first-order valence-corrected chi connectivity index (χ1v) is 9.58. The summed E-state index contributed by atoms with van der Waals surface area (Å²) in [5.41, 5.74) is 1.46. The fourth-order valence-corrected chi connectivity index (χ4v) is 3.28. The second kappa shape index (κ2) is 9.10. The molecule has 3 aromatic rings. The lowest BCUT2D eigenvalue weighted by Gasteiger charge is -2.13. The van der Waals surface area contributed by atoms with E-state index in [9.17, 15) is 0 Å². The van der Waals surface area contributed by atoms with E-state index in [2.05, 4.69) is 31.2 Å². The van der Waals surface area contributed by atoms with E-state index >= 15 is 0 Å². The maximum atomic E-state index is 5.42. The van der Waals surface area contributed by atoms with Gasteiger partial charge in [0, 0.05) is 15.6 Å². The lowest BCUT2D eigenvalue weighted by atomic mass is 10.1. The summed E-state index contributed by atoms with van der Waals surface area (Å²) < 4.78 is 24.3. The van der Waals surface area contributed by atoms with E-state index in [1.54, 1.807) is 46.8 Å². The molecule has 8 nitrogen and oxygen atoms in total. The van der Waals surface area contributed by atoms with E-state index in [1.165, 1.54) is 4.68 Å². The Morgan fingerprint density at radius 1 is 1.00 bits per heavy atom. The summed E-state index contributed by atoms with van der Waals surface area (Å²) in [6, 6.07) is 9.18. The molecule has 0 saturated heterocycles. The van der Waals surface area contributed by atoms with E-state index in [0.29, 0.717) is 39.2 Å². The normalized spacial score (nSPS) is 10.9. The van der Waals surface area contributed by atoms with Crippen LogP contribution in [0.4, 0.5) is 0 Å². The van der Waals surface area contributed by atoms with Gasteiger partial charge in [-0.05, 0) is 42.5 Å². The monoisotopic (exact) mass is 478 g/mol. The third-order valence-corrected chi connectivity index (χ3v) is 4.83. The van der Waals surface area contributed by atoms with E-state index in [1.807, 2.05) is 18.2 Å². The van der Waals surface area contributed by atoms with Crippen molar-refractivity contribution in [2.75, 3.05) is 28.4 Å². The molecule has 0 saturated carbocycles. The third kappa shape index (κ3) is 4.28. The van der Waals surface area contributed by atoms with Crippen molar-refractivity contribution in [3.8, 4) is 34.4 Å². The van der Waals surface area contributed by atoms with Gasteiger partial charge in [0.15, 0.2) is 17.3 Å². The summed E-state index contributed by atoms with van der Waals surface area (Å²) in [4.78, 5) is 0. The molecular formula is C19H19BrN4O4S. The van der Waals surface area contributed by atoms with Gasteiger partial charge in [0.25, 0.3) is 0 Å². The Balaban J connectivity index is 2.10. The van der Waals surface area contributed by atoms with Crippen molar-refractivity contribution in [2.45, 2.75) is 0 Å². The highest BCUT2D eigenvalue weighted by molar-refractivity contribution is 9.10. The highest BCUT2D eigenvalue weighted by Crippen LogP contribution is 2.40. The van der Waals surface area contributed by atoms with Crippen molar-refractivity contribution in [2.24, 2.45) is 5.10 Å². The van der Waals surface area contributed by atoms with Crippen molar-refractivity contribution in [1.82, 2.24) is 14.9 Å². The lowest BCUT2D eigenvalue weighted by molar-refractivity contribution is 0.324. The molecule has 0 unspecified atom stereocenters. The maximum Gasteiger partial charge on any atom is 0.216 e. The van der Waals surface area contributed by atoms with Crippen molar-refractivity contribution in [3.05, 3.63) is 45.1 Å². The number of ether oxygens (including phenoxy) is 4. The zero-order valence-electron chi connectivity index (χ0n) is 16.2. The topological polar surface area (TPSA) is 82.9 Å². The molecule has 2 aromatic carbocycles. The first-order chi connectivity index (χ1) is 14.0. The smallest absolute Gasteiger partial charge is 0.216 e. The highest BCUT2D eigenvalue weighted by Gasteiger charge is 2.17. The number of aromatic amines is 1. The van der Waals surface area contributed by atoms with Crippen LogP contribution in [-0.4, -0.2) is 49.5 Å². The number of benzene rings is 2. The minimum Gasteiger partial charge on any atom is -0.496 e. The zero-order valence-corrected chi connectivity index (χ0v) is 18.6. The molecule has 0 aliphatic heterocycles. The third-order valence-electron chi connectivity index (χ3n) is 4.08. The molecule has 0 bridgehead atoms. The molecule has 1 heterocycles. The average molecular weight is 479 g/mol. The summed E-state index contributed by atoms with van der Waals surface area (Å²) in [7, 11) is 6.25. The van der Waals surface area contributed by atoms with Crippen molar-refractivity contribution in [1.29, 1.82) is 0 Å². The van der Waals surface area contributed by atoms with Gasteiger partial charge < -0.3 is 18.9 Å². The standard InChI is InChI=1S/C19H19BrN4O4S/c1-25-14-6-5-13(20)7-12(14)10-21-24-18(22-23-19(24)29)11-8-15(26-2)17(28-4)16(9-11)27-3/h5-10H,1-4H3,(H,23,29)/b21-10-. The number of rotatable bonds is 7. The van der Waals surface area contributed by atoms with E-state index in [4.69, 9.17) is 31.2 Å². The molecular weight excluding hydrogens is 460 g/mol. The summed E-state index contributed by atoms with van der Waals surface area (Å²) in [6.07, 6.45) is 1.65. The molecule has 1 aromatic heterocycles. The number of hydrogen-bond donors (Lipinski definition) is 1. The number of aromatic nitrogens is 3. The summed E-state index contributed by atoms with van der Waals surface area (Å²) >= 11 is 8.80. The Morgan fingerprint density at radius 2 is 1.66 bits per heavy atom. The van der Waals surface area contributed by atoms with Crippen LogP contribution in [-0.2, 0) is 0 Å². The second-order valence-corrected chi connectivity index (χ2v) is 7.01. The van der Waals surface area contributed by atoms with Gasteiger partial charge in [-0.1, -0.05) is 15.9 Å². The fourth-order valence-electron chi connectivity index (χ4n) is 2.72. The first kappa shape index (κ1) is 20.9. The Morgan fingerprint density at radius 3 is 2.24 bits per heavy atom. The van der Waals surface area contributed by atoms with Crippen LogP contribution in [0.2, 0.25) is 0 Å². The predicted octanol–water partition coefficient (Wildman–Crippen LogP) is 4.29. The minimum absolute atomic E-state index is 0.332. The average Bonchev–Trinajstić information content (AvgIpc) is 3.11. The van der Waals surface area contributed by atoms with Crippen LogP contribution >= 0.6 is 28.1 Å². The summed E-state index contributed by atoms with van der Waals surface area (Å²) in [6.45, 7) is 0. The van der Waals surface area contributed by atoms with Crippen LogP contribution in [0, 0.1) is 4.77 Å². The Hall–Kier alpha value is -2.85. The maximum absolute atomic E-state index is 5.42. The van der Waals surface area contributed by atoms with Crippen LogP contribution in [0.1, 0.15) is 5.56 Å². The first-order valence-electron chi connectivity index (χ1n) is 8.38. The van der Waals surface area contributed by atoms with Gasteiger partial charge in [-0.15, -0.1) is 0 Å². The molecule has 0 aliphatic rings. The van der Waals surface area contributed by atoms with Gasteiger partial charge in [-0.2, -0.15) is 14.9 Å². The SMILES string of the molecule is COc1ccc(Br)cc1/C=N\n1c(-c2cc(OC)c(OC)c(OC)c2)n[nH]c1=S. The van der Waals surface area contributed by atoms with Crippen LogP contribution in [0.15, 0.2) is 39.9 Å². The fraction of sp³-hybridized carbons (Fsp3) is 0.211. The van der Waals surface area contributed by atoms with Gasteiger partial charge in [-0.25, -0.2) is 5.10 Å². The molecule has 29 heavy (non-hydrogen) atoms. The Kier molecular flexibility index (Phi) is 6.55. The second-order valence-electron chi connectivity index (χ2n) is 5.71. The van der Waals surface area contributed by atoms with Crippen molar-refractivity contribution in [3.63, 3.8) is 0 Å². The van der Waals surface area contributed by atoms with Gasteiger partial charge in [-0.3, -0.25) is 0 Å². The molecule has 152 valence electrons. The van der Waals surface area contributed by atoms with E-state index < -0.39 is 0 Å². The summed E-state index contributed by atoms with van der Waals surface area (Å²) in [5, 5.41) is 11.6. The van der Waals surface area contributed by atoms with Gasteiger partial charge in [0.2, 0.25) is 10.5 Å². The van der Waals surface area contributed by atoms with Crippen LogP contribution < -0.4 is 18.9 Å². The largest absolute Gasteiger partial charge is 0.496 e. The molecule has 3 rings (SSSR count). The number of halogens is 1. The van der Waals surface area contributed by atoms with Crippen LogP contribution in [0.5, 0.6) is 23.0 Å². The van der Waals surface area contributed by atoms with Gasteiger partial charge in [0.1, 0.15) is 5.75 Å². The van der Waals surface area contributed by atoms with Gasteiger partial charge >= 0.3 is 0 Å². The molecule has 0 amide bonds. The van der Waals surface area contributed by atoms with E-state index in [-0.39, 0.29) is 0 Å². The van der Waals surface area contributed by atoms with E-state index in [0.717, 1.165) is 10.0 Å². The number of H-pyrrole nitrogens is 1. The van der Waals surface area contributed by atoms with Crippen LogP contribution in [0.25, 0.3) is 11.4 Å². The molecule has 0 fully saturated rings. The lowest BCUT2D eigenvalue weighted by Crippen LogP contribution is -1.99. The predicted molar refractivity (Wildman–Crippen MR) is 116 cm³/mol. The molecule has 0 radical (unpaired) electrons. The number of hydrogen-bond acceptors (Lipinski definition) is 7. The Bertz CT molecular complexity index is 1080. The summed E-state index contributed by atoms with van der Waals surface area (Å²) in [5.74, 6) is 2.66. The van der Waals surface area contributed by atoms with Gasteiger partial charge in [0.05, 0.1) is 34.7 Å². The minimum atomic E-state index is 0.332. The molecule has 1 N–H and O–H groups in total. The van der Waals surface area contributed by atoms with Crippen molar-refractivity contribution < 1.29 is 18.9 Å². The highest BCUT2D eigenvalue weighted by atomic mass is 79.9. The molecule has 10 heteroatoms. The van der Waals surface area contributed by atoms with Crippen molar-refractivity contribution >= 4 is 34.4 Å². The zero-order chi connectivity index (χ0) is 21.0. The number of nitrogens with zero attached hydrogens (tertiary/aromatic N) is 3. The quantitative estimate of drug-likeness (QED) is 0.402. The molecule has 0 spiro atoms. The number of methoxy groups -OCH3 is 4. The number of nitrogens with one attached hydrogen (secondary N) is 1. The molecule has 0 aliphatic carbocycles. The molecule has 0 atom stereocenters. The van der Waals surface area contributed by atoms with Crippen LogP contribution in [0.3, 0.4) is 0 Å².